The van der Waals surface area contributed by atoms with E-state index in [1.807, 2.05) is 0 Å². The Morgan fingerprint density at radius 1 is 1.35 bits per heavy atom. The minimum atomic E-state index is -4.57. The summed E-state index contributed by atoms with van der Waals surface area (Å²) in [5.74, 6) is 0. The maximum atomic E-state index is 12.6. The van der Waals surface area contributed by atoms with Gasteiger partial charge in [0.25, 0.3) is 0 Å². The lowest BCUT2D eigenvalue weighted by Gasteiger charge is -2.19. The lowest BCUT2D eigenvalue weighted by Crippen LogP contribution is -2.20. The Bertz CT molecular complexity index is 518. The molecule has 0 amide bonds. The largest absolute Gasteiger partial charge is 0.416 e. The third-order valence-electron chi connectivity index (χ3n) is 2.59. The van der Waals surface area contributed by atoms with Crippen LogP contribution in [0.15, 0.2) is 23.3 Å². The van der Waals surface area contributed by atoms with Gasteiger partial charge in [-0.15, -0.1) is 0 Å². The van der Waals surface area contributed by atoms with Gasteiger partial charge in [0.15, 0.2) is 0 Å². The van der Waals surface area contributed by atoms with Crippen LogP contribution in [0, 0.1) is 0 Å². The zero-order chi connectivity index (χ0) is 15.3. The van der Waals surface area contributed by atoms with Crippen LogP contribution in [0.3, 0.4) is 0 Å². The molecule has 0 radical (unpaired) electrons. The van der Waals surface area contributed by atoms with E-state index < -0.39 is 23.9 Å². The van der Waals surface area contributed by atoms with Crippen LogP contribution in [0.1, 0.15) is 23.7 Å². The second kappa shape index (κ2) is 6.81. The fourth-order valence-electron chi connectivity index (χ4n) is 1.55. The fourth-order valence-corrected chi connectivity index (χ4v) is 1.78. The molecule has 0 heterocycles. The Hall–Kier alpha value is -1.47. The molecule has 0 aliphatic rings. The summed E-state index contributed by atoms with van der Waals surface area (Å²) in [6, 6.07) is 2.47. The highest BCUT2D eigenvalue weighted by Gasteiger charge is 2.32. The molecule has 9 heteroatoms. The normalized spacial score (nSPS) is 14.5. The number of aliphatic hydroxyl groups excluding tert-OH is 2. The molecular formula is C11H11ClF3N3O2. The third kappa shape index (κ3) is 4.28. The predicted octanol–water partition coefficient (Wildman–Crippen LogP) is 3.45. The van der Waals surface area contributed by atoms with E-state index in [9.17, 15) is 23.4 Å². The van der Waals surface area contributed by atoms with Crippen molar-refractivity contribution in [2.75, 3.05) is 6.54 Å². The quantitative estimate of drug-likeness (QED) is 0.495. The number of halogens is 4. The molecule has 110 valence electrons. The van der Waals surface area contributed by atoms with Gasteiger partial charge in [-0.3, -0.25) is 0 Å². The van der Waals surface area contributed by atoms with Gasteiger partial charge in [0, 0.05) is 22.0 Å². The highest BCUT2D eigenvalue weighted by molar-refractivity contribution is 6.31. The molecule has 1 aromatic rings. The average Bonchev–Trinajstić information content (AvgIpc) is 2.37. The van der Waals surface area contributed by atoms with Gasteiger partial charge >= 0.3 is 6.18 Å². The van der Waals surface area contributed by atoms with E-state index >= 15 is 0 Å². The standard InChI is InChI=1S/C11H11ClF3N3O2/c12-8-2-1-6(11(13,14)15)5-7(8)10(20)9(19)3-4-17-18-16/h1-2,5,9-10,19-20H,3-4H2. The topological polar surface area (TPSA) is 89.2 Å². The zero-order valence-corrected chi connectivity index (χ0v) is 10.8. The summed E-state index contributed by atoms with van der Waals surface area (Å²) in [5, 5.41) is 22.5. The van der Waals surface area contributed by atoms with Gasteiger partial charge in [-0.25, -0.2) is 0 Å². The van der Waals surface area contributed by atoms with Gasteiger partial charge in [0.1, 0.15) is 6.10 Å². The van der Waals surface area contributed by atoms with Crippen molar-refractivity contribution >= 4 is 11.6 Å². The van der Waals surface area contributed by atoms with Crippen molar-refractivity contribution in [1.82, 2.24) is 0 Å². The van der Waals surface area contributed by atoms with Crippen LogP contribution in [0.5, 0.6) is 0 Å². The number of aliphatic hydroxyl groups is 2. The van der Waals surface area contributed by atoms with Crippen LogP contribution in [-0.4, -0.2) is 22.9 Å². The van der Waals surface area contributed by atoms with Gasteiger partial charge in [0.05, 0.1) is 11.7 Å². The Morgan fingerprint density at radius 3 is 2.55 bits per heavy atom. The summed E-state index contributed by atoms with van der Waals surface area (Å²) in [6.45, 7) is -0.0920. The SMILES string of the molecule is [N-]=[N+]=NCCC(O)C(O)c1cc(C(F)(F)F)ccc1Cl. The molecule has 0 aromatic heterocycles. The number of hydrogen-bond donors (Lipinski definition) is 2. The first kappa shape index (κ1) is 16.6. The number of benzene rings is 1. The molecule has 0 aliphatic heterocycles. The number of nitrogens with zero attached hydrogens (tertiary/aromatic N) is 3. The van der Waals surface area contributed by atoms with Crippen LogP contribution in [0.4, 0.5) is 13.2 Å². The van der Waals surface area contributed by atoms with Gasteiger partial charge < -0.3 is 10.2 Å². The molecular weight excluding hydrogens is 299 g/mol. The minimum absolute atomic E-state index is 0.0895. The van der Waals surface area contributed by atoms with Crippen molar-refractivity contribution in [3.8, 4) is 0 Å². The van der Waals surface area contributed by atoms with Crippen molar-refractivity contribution in [1.29, 1.82) is 0 Å². The molecule has 1 aromatic carbocycles. The molecule has 20 heavy (non-hydrogen) atoms. The second-order valence-corrected chi connectivity index (χ2v) is 4.40. The summed E-state index contributed by atoms with van der Waals surface area (Å²) in [7, 11) is 0. The molecule has 0 aliphatic carbocycles. The summed E-state index contributed by atoms with van der Waals surface area (Å²) < 4.78 is 37.7. The van der Waals surface area contributed by atoms with Crippen molar-refractivity contribution in [2.45, 2.75) is 24.8 Å². The number of rotatable bonds is 5. The molecule has 1 rings (SSSR count). The van der Waals surface area contributed by atoms with E-state index in [0.29, 0.717) is 6.07 Å². The first-order chi connectivity index (χ1) is 9.27. The summed E-state index contributed by atoms with van der Waals surface area (Å²) in [5.41, 5.74) is 6.87. The molecule has 0 saturated carbocycles. The molecule has 5 nitrogen and oxygen atoms in total. The van der Waals surface area contributed by atoms with Gasteiger partial charge in [-0.2, -0.15) is 13.2 Å². The average molecular weight is 310 g/mol. The van der Waals surface area contributed by atoms with Crippen LogP contribution in [-0.2, 0) is 6.18 Å². The van der Waals surface area contributed by atoms with Crippen LogP contribution in [0.2, 0.25) is 5.02 Å². The van der Waals surface area contributed by atoms with Gasteiger partial charge in [0.2, 0.25) is 0 Å². The minimum Gasteiger partial charge on any atom is -0.390 e. The van der Waals surface area contributed by atoms with E-state index in [1.54, 1.807) is 0 Å². The monoisotopic (exact) mass is 309 g/mol. The van der Waals surface area contributed by atoms with E-state index in [4.69, 9.17) is 17.1 Å². The van der Waals surface area contributed by atoms with E-state index in [-0.39, 0.29) is 23.6 Å². The maximum Gasteiger partial charge on any atom is 0.416 e. The molecule has 0 saturated heterocycles. The summed E-state index contributed by atoms with van der Waals surface area (Å²) in [4.78, 5) is 2.46. The Morgan fingerprint density at radius 2 is 2.00 bits per heavy atom. The number of alkyl halides is 3. The highest BCUT2D eigenvalue weighted by atomic mass is 35.5. The predicted molar refractivity (Wildman–Crippen MR) is 66.1 cm³/mol. The van der Waals surface area contributed by atoms with Crippen LogP contribution >= 0.6 is 11.6 Å². The van der Waals surface area contributed by atoms with Crippen LogP contribution < -0.4 is 0 Å². The summed E-state index contributed by atoms with van der Waals surface area (Å²) in [6.07, 6.45) is -7.66. The molecule has 2 atom stereocenters. The molecule has 2 unspecified atom stereocenters. The number of hydrogen-bond acceptors (Lipinski definition) is 3. The van der Waals surface area contributed by atoms with Crippen molar-refractivity contribution in [2.24, 2.45) is 5.11 Å². The second-order valence-electron chi connectivity index (χ2n) is 3.99. The van der Waals surface area contributed by atoms with Crippen molar-refractivity contribution < 1.29 is 23.4 Å². The Labute approximate surface area is 117 Å². The first-order valence-electron chi connectivity index (χ1n) is 5.51. The third-order valence-corrected chi connectivity index (χ3v) is 2.94. The van der Waals surface area contributed by atoms with Crippen molar-refractivity contribution in [3.63, 3.8) is 0 Å². The van der Waals surface area contributed by atoms with Crippen molar-refractivity contribution in [3.05, 3.63) is 44.8 Å². The molecule has 0 bridgehead atoms. The maximum absolute atomic E-state index is 12.6. The van der Waals surface area contributed by atoms with Gasteiger partial charge in [-0.05, 0) is 30.2 Å². The van der Waals surface area contributed by atoms with Gasteiger partial charge in [-0.1, -0.05) is 16.7 Å². The Kier molecular flexibility index (Phi) is 5.64. The molecule has 0 spiro atoms. The fraction of sp³-hybridized carbons (Fsp3) is 0.455. The zero-order valence-electron chi connectivity index (χ0n) is 10.0. The smallest absolute Gasteiger partial charge is 0.390 e. The van der Waals surface area contributed by atoms with E-state index in [1.165, 1.54) is 0 Å². The summed E-state index contributed by atoms with van der Waals surface area (Å²) >= 11 is 5.73. The number of azide groups is 1. The van der Waals surface area contributed by atoms with Crippen LogP contribution in [0.25, 0.3) is 10.4 Å². The van der Waals surface area contributed by atoms with E-state index in [2.05, 4.69) is 10.0 Å². The highest BCUT2D eigenvalue weighted by Crippen LogP contribution is 2.34. The lowest BCUT2D eigenvalue weighted by molar-refractivity contribution is -0.137. The molecule has 0 fully saturated rings. The van der Waals surface area contributed by atoms with E-state index in [0.717, 1.165) is 12.1 Å². The molecule has 2 N–H and O–H groups in total. The first-order valence-corrected chi connectivity index (χ1v) is 5.88. The Balaban J connectivity index is 2.96. The lowest BCUT2D eigenvalue weighted by atomic mass is 10.00.